The van der Waals surface area contributed by atoms with Crippen molar-refractivity contribution in [3.8, 4) is 23.0 Å². The third-order valence-electron chi connectivity index (χ3n) is 4.38. The number of H-pyrrole nitrogens is 1. The molecule has 0 aliphatic rings. The van der Waals surface area contributed by atoms with E-state index >= 15 is 0 Å². The van der Waals surface area contributed by atoms with Crippen LogP contribution in [0.3, 0.4) is 0 Å². The lowest BCUT2D eigenvalue weighted by molar-refractivity contribution is -0.384. The van der Waals surface area contributed by atoms with Crippen molar-refractivity contribution in [3.63, 3.8) is 0 Å². The maximum Gasteiger partial charge on any atom is 0.295 e. The summed E-state index contributed by atoms with van der Waals surface area (Å²) in [6.45, 7) is 0. The predicted molar refractivity (Wildman–Crippen MR) is 105 cm³/mol. The van der Waals surface area contributed by atoms with Crippen LogP contribution in [-0.2, 0) is 0 Å². The molecule has 0 saturated heterocycles. The van der Waals surface area contributed by atoms with Crippen molar-refractivity contribution in [2.24, 2.45) is 0 Å². The summed E-state index contributed by atoms with van der Waals surface area (Å²) in [7, 11) is 0. The minimum Gasteiger partial charge on any atom is -0.316 e. The Balaban J connectivity index is 2.10. The zero-order valence-electron chi connectivity index (χ0n) is 14.7. The van der Waals surface area contributed by atoms with E-state index in [4.69, 9.17) is 0 Å². The SMILES string of the molecule is N#Cc1cc2c(-c3ccc([N+](=O)[O-])cc3)nn(-c3ccccc3)c(=O)c2[nH]c1=O. The van der Waals surface area contributed by atoms with E-state index in [0.717, 1.165) is 4.68 Å². The average molecular weight is 385 g/mol. The molecule has 2 aromatic heterocycles. The largest absolute Gasteiger partial charge is 0.316 e. The summed E-state index contributed by atoms with van der Waals surface area (Å²) >= 11 is 0. The van der Waals surface area contributed by atoms with Gasteiger partial charge in [-0.1, -0.05) is 18.2 Å². The number of nitro benzene ring substituents is 1. The van der Waals surface area contributed by atoms with E-state index in [1.807, 2.05) is 0 Å². The number of non-ortho nitro benzene ring substituents is 1. The number of aromatic amines is 1. The van der Waals surface area contributed by atoms with Gasteiger partial charge in [-0.3, -0.25) is 19.7 Å². The van der Waals surface area contributed by atoms with Gasteiger partial charge in [0.05, 0.1) is 10.6 Å². The number of hydrogen-bond donors (Lipinski definition) is 1. The Labute approximate surface area is 162 Å². The van der Waals surface area contributed by atoms with Crippen LogP contribution in [0.15, 0.2) is 70.3 Å². The van der Waals surface area contributed by atoms with Gasteiger partial charge in [0.15, 0.2) is 0 Å². The average Bonchev–Trinajstić information content (AvgIpc) is 2.74. The standard InChI is InChI=1S/C20H11N5O4/c21-11-13-10-16-17(12-6-8-15(9-7-12)25(28)29)23-24(14-4-2-1-3-5-14)20(27)18(16)22-19(13)26/h1-10H,(H,22,26). The van der Waals surface area contributed by atoms with E-state index < -0.39 is 16.0 Å². The zero-order valence-corrected chi connectivity index (χ0v) is 14.7. The van der Waals surface area contributed by atoms with Crippen LogP contribution in [0.1, 0.15) is 5.56 Å². The lowest BCUT2D eigenvalue weighted by Gasteiger charge is -2.11. The van der Waals surface area contributed by atoms with E-state index in [1.54, 1.807) is 36.4 Å². The topological polar surface area (TPSA) is 135 Å². The van der Waals surface area contributed by atoms with Gasteiger partial charge in [-0.25, -0.2) is 0 Å². The van der Waals surface area contributed by atoms with Crippen molar-refractivity contribution in [3.05, 3.63) is 97.0 Å². The van der Waals surface area contributed by atoms with Crippen LogP contribution in [0.25, 0.3) is 27.8 Å². The highest BCUT2D eigenvalue weighted by atomic mass is 16.6. The summed E-state index contributed by atoms with van der Waals surface area (Å²) in [5.41, 5.74) is -0.253. The van der Waals surface area contributed by atoms with Crippen LogP contribution < -0.4 is 11.1 Å². The van der Waals surface area contributed by atoms with Crippen LogP contribution in [0.2, 0.25) is 0 Å². The molecular weight excluding hydrogens is 374 g/mol. The molecule has 0 unspecified atom stereocenters. The molecule has 4 rings (SSSR count). The van der Waals surface area contributed by atoms with Crippen molar-refractivity contribution >= 4 is 16.6 Å². The highest BCUT2D eigenvalue weighted by Gasteiger charge is 2.17. The number of aromatic nitrogens is 3. The number of benzene rings is 2. The fourth-order valence-electron chi connectivity index (χ4n) is 2.97. The summed E-state index contributed by atoms with van der Waals surface area (Å²) in [5.74, 6) is 0. The van der Waals surface area contributed by atoms with E-state index in [-0.39, 0.29) is 22.2 Å². The fraction of sp³-hybridized carbons (Fsp3) is 0. The first-order valence-corrected chi connectivity index (χ1v) is 8.40. The summed E-state index contributed by atoms with van der Waals surface area (Å²) in [4.78, 5) is 38.0. The normalized spacial score (nSPS) is 10.6. The second kappa shape index (κ2) is 6.86. The fourth-order valence-corrected chi connectivity index (χ4v) is 2.97. The van der Waals surface area contributed by atoms with E-state index in [2.05, 4.69) is 10.1 Å². The number of nitrogens with one attached hydrogen (secondary N) is 1. The molecule has 1 N–H and O–H groups in total. The van der Waals surface area contributed by atoms with Crippen LogP contribution in [-0.4, -0.2) is 19.7 Å². The van der Waals surface area contributed by atoms with Gasteiger partial charge in [0.1, 0.15) is 22.8 Å². The van der Waals surface area contributed by atoms with Gasteiger partial charge < -0.3 is 4.98 Å². The van der Waals surface area contributed by atoms with Crippen molar-refractivity contribution in [2.75, 3.05) is 0 Å². The van der Waals surface area contributed by atoms with Gasteiger partial charge in [-0.05, 0) is 30.3 Å². The third kappa shape index (κ3) is 3.04. The molecule has 0 spiro atoms. The van der Waals surface area contributed by atoms with Crippen molar-refractivity contribution in [2.45, 2.75) is 0 Å². The first-order chi connectivity index (χ1) is 14.0. The van der Waals surface area contributed by atoms with Crippen molar-refractivity contribution in [1.29, 1.82) is 5.26 Å². The Morgan fingerprint density at radius 1 is 1.07 bits per heavy atom. The Hall–Kier alpha value is -4.58. The van der Waals surface area contributed by atoms with Gasteiger partial charge in [-0.15, -0.1) is 0 Å². The number of nitrogens with zero attached hydrogens (tertiary/aromatic N) is 4. The summed E-state index contributed by atoms with van der Waals surface area (Å²) < 4.78 is 1.14. The molecule has 0 aliphatic carbocycles. The number of para-hydroxylation sites is 1. The van der Waals surface area contributed by atoms with Crippen LogP contribution in [0.4, 0.5) is 5.69 Å². The summed E-state index contributed by atoms with van der Waals surface area (Å²) in [5, 5.41) is 24.8. The molecule has 2 aromatic carbocycles. The molecular formula is C20H11N5O4. The lowest BCUT2D eigenvalue weighted by atomic mass is 10.1. The van der Waals surface area contributed by atoms with Gasteiger partial charge in [-0.2, -0.15) is 15.0 Å². The molecule has 9 nitrogen and oxygen atoms in total. The summed E-state index contributed by atoms with van der Waals surface area (Å²) in [6.07, 6.45) is 0. The van der Waals surface area contributed by atoms with Crippen LogP contribution in [0, 0.1) is 21.4 Å². The number of nitriles is 1. The molecule has 2 heterocycles. The molecule has 4 aromatic rings. The molecule has 29 heavy (non-hydrogen) atoms. The number of fused-ring (bicyclic) bond motifs is 1. The molecule has 0 fully saturated rings. The molecule has 9 heteroatoms. The molecule has 0 radical (unpaired) electrons. The Bertz CT molecular complexity index is 1410. The van der Waals surface area contributed by atoms with Crippen molar-refractivity contribution < 1.29 is 4.92 Å². The number of hydrogen-bond acceptors (Lipinski definition) is 6. The molecule has 140 valence electrons. The van der Waals surface area contributed by atoms with Gasteiger partial charge in [0.25, 0.3) is 16.8 Å². The highest BCUT2D eigenvalue weighted by molar-refractivity contribution is 5.92. The quantitative estimate of drug-likeness (QED) is 0.425. The maximum atomic E-state index is 13.0. The zero-order chi connectivity index (χ0) is 20.5. The number of pyridine rings is 1. The molecule has 0 saturated carbocycles. The van der Waals surface area contributed by atoms with E-state index in [9.17, 15) is 25.0 Å². The third-order valence-corrected chi connectivity index (χ3v) is 4.38. The minimum absolute atomic E-state index is 0.0128. The van der Waals surface area contributed by atoms with E-state index in [0.29, 0.717) is 16.9 Å². The van der Waals surface area contributed by atoms with E-state index in [1.165, 1.54) is 30.3 Å². The molecule has 0 aliphatic heterocycles. The number of rotatable bonds is 3. The predicted octanol–water partition coefficient (Wildman–Crippen LogP) is 2.52. The molecule has 0 amide bonds. The van der Waals surface area contributed by atoms with Gasteiger partial charge in [0, 0.05) is 23.1 Å². The number of nitro groups is 1. The van der Waals surface area contributed by atoms with Gasteiger partial charge >= 0.3 is 0 Å². The van der Waals surface area contributed by atoms with Crippen molar-refractivity contribution in [1.82, 2.24) is 14.8 Å². The molecule has 0 bridgehead atoms. The lowest BCUT2D eigenvalue weighted by Crippen LogP contribution is -2.25. The monoisotopic (exact) mass is 385 g/mol. The summed E-state index contributed by atoms with van der Waals surface area (Å²) in [6, 6.07) is 17.3. The minimum atomic E-state index is -0.683. The Kier molecular flexibility index (Phi) is 4.22. The molecule has 0 atom stereocenters. The smallest absolute Gasteiger partial charge is 0.295 e. The highest BCUT2D eigenvalue weighted by Crippen LogP contribution is 2.26. The van der Waals surface area contributed by atoms with Crippen LogP contribution in [0.5, 0.6) is 0 Å². The first-order valence-electron chi connectivity index (χ1n) is 8.40. The first kappa shape index (κ1) is 17.8. The second-order valence-electron chi connectivity index (χ2n) is 6.12. The van der Waals surface area contributed by atoms with Gasteiger partial charge in [0.2, 0.25) is 0 Å². The maximum absolute atomic E-state index is 13.0. The Morgan fingerprint density at radius 2 is 1.76 bits per heavy atom. The second-order valence-corrected chi connectivity index (χ2v) is 6.12. The Morgan fingerprint density at radius 3 is 2.38 bits per heavy atom. The van der Waals surface area contributed by atoms with Crippen LogP contribution >= 0.6 is 0 Å².